The van der Waals surface area contributed by atoms with Gasteiger partial charge in [-0.3, -0.25) is 0 Å². The van der Waals surface area contributed by atoms with Crippen LogP contribution in [0, 0.1) is 30.2 Å². The van der Waals surface area contributed by atoms with Crippen molar-refractivity contribution in [3.8, 4) is 11.5 Å². The summed E-state index contributed by atoms with van der Waals surface area (Å²) in [6.07, 6.45) is 0. The molecule has 0 fully saturated rings. The molecular weight excluding hydrogens is 488 g/mol. The van der Waals surface area contributed by atoms with Crippen molar-refractivity contribution in [3.05, 3.63) is 119 Å². The van der Waals surface area contributed by atoms with Gasteiger partial charge in [0.05, 0.1) is 11.1 Å². The third-order valence-corrected chi connectivity index (χ3v) is 5.89. The number of carbonyl (C=O) groups is 2. The first-order valence-corrected chi connectivity index (χ1v) is 11.0. The molecule has 5 aromatic carbocycles. The number of fused-ring (bicyclic) bond motifs is 2. The van der Waals surface area contributed by atoms with Gasteiger partial charge in [0.15, 0.2) is 23.3 Å². The van der Waals surface area contributed by atoms with Gasteiger partial charge in [0.1, 0.15) is 11.5 Å². The average Bonchev–Trinajstić information content (AvgIpc) is 2.88. The molecule has 0 saturated carbocycles. The number of ether oxygens (including phenoxy) is 2. The lowest BCUT2D eigenvalue weighted by Gasteiger charge is -2.12. The molecule has 0 amide bonds. The summed E-state index contributed by atoms with van der Waals surface area (Å²) in [6.45, 7) is 1.75. The molecule has 0 atom stereocenters. The van der Waals surface area contributed by atoms with E-state index in [1.165, 1.54) is 0 Å². The molecule has 4 nitrogen and oxygen atoms in total. The van der Waals surface area contributed by atoms with E-state index in [1.807, 2.05) is 12.1 Å². The topological polar surface area (TPSA) is 52.6 Å². The van der Waals surface area contributed by atoms with Gasteiger partial charge in [-0.1, -0.05) is 12.1 Å². The van der Waals surface area contributed by atoms with Gasteiger partial charge in [0.25, 0.3) is 0 Å². The van der Waals surface area contributed by atoms with Crippen LogP contribution < -0.4 is 9.47 Å². The van der Waals surface area contributed by atoms with Crippen molar-refractivity contribution in [3.63, 3.8) is 0 Å². The van der Waals surface area contributed by atoms with Crippen LogP contribution in [0.15, 0.2) is 78.9 Å². The van der Waals surface area contributed by atoms with Crippen molar-refractivity contribution in [1.82, 2.24) is 0 Å². The van der Waals surface area contributed by atoms with E-state index in [1.54, 1.807) is 37.3 Å². The highest BCUT2D eigenvalue weighted by Crippen LogP contribution is 2.33. The Hall–Kier alpha value is -4.72. The molecule has 0 radical (unpaired) electrons. The Bertz CT molecular complexity index is 1730. The first-order chi connectivity index (χ1) is 17.7. The Morgan fingerprint density at radius 1 is 0.568 bits per heavy atom. The summed E-state index contributed by atoms with van der Waals surface area (Å²) in [5, 5.41) is 3.14. The first kappa shape index (κ1) is 24.0. The van der Waals surface area contributed by atoms with Crippen molar-refractivity contribution in [2.24, 2.45) is 0 Å². The summed E-state index contributed by atoms with van der Waals surface area (Å²) in [4.78, 5) is 24.9. The minimum Gasteiger partial charge on any atom is -0.423 e. The Balaban J connectivity index is 1.45. The summed E-state index contributed by atoms with van der Waals surface area (Å²) in [5.74, 6) is -5.70. The van der Waals surface area contributed by atoms with Crippen LogP contribution in [0.3, 0.4) is 0 Å². The average molecular weight is 504 g/mol. The van der Waals surface area contributed by atoms with Gasteiger partial charge in [-0.2, -0.15) is 0 Å². The van der Waals surface area contributed by atoms with Gasteiger partial charge in [0.2, 0.25) is 0 Å². The van der Waals surface area contributed by atoms with Gasteiger partial charge in [0, 0.05) is 0 Å². The van der Waals surface area contributed by atoms with Gasteiger partial charge >= 0.3 is 11.9 Å². The number of hydrogen-bond acceptors (Lipinski definition) is 4. The van der Waals surface area contributed by atoms with Crippen molar-refractivity contribution < 1.29 is 36.6 Å². The summed E-state index contributed by atoms with van der Waals surface area (Å²) < 4.78 is 64.1. The molecule has 0 saturated heterocycles. The second-order valence-electron chi connectivity index (χ2n) is 8.31. The predicted molar refractivity (Wildman–Crippen MR) is 129 cm³/mol. The summed E-state index contributed by atoms with van der Waals surface area (Å²) >= 11 is 0. The number of esters is 2. The number of rotatable bonds is 4. The summed E-state index contributed by atoms with van der Waals surface area (Å²) in [7, 11) is 0. The van der Waals surface area contributed by atoms with Crippen LogP contribution in [-0.4, -0.2) is 11.9 Å². The van der Waals surface area contributed by atoms with Crippen LogP contribution >= 0.6 is 0 Å². The van der Waals surface area contributed by atoms with Crippen molar-refractivity contribution in [2.45, 2.75) is 6.92 Å². The predicted octanol–water partition coefficient (Wildman–Crippen LogP) is 7.30. The monoisotopic (exact) mass is 504 g/mol. The van der Waals surface area contributed by atoms with Gasteiger partial charge in [-0.15, -0.1) is 0 Å². The molecule has 184 valence electrons. The van der Waals surface area contributed by atoms with Crippen LogP contribution in [-0.2, 0) is 0 Å². The Morgan fingerprint density at radius 3 is 1.78 bits per heavy atom. The fourth-order valence-electron chi connectivity index (χ4n) is 3.92. The van der Waals surface area contributed by atoms with Crippen LogP contribution in [0.1, 0.15) is 26.3 Å². The maximum Gasteiger partial charge on any atom is 0.343 e. The molecule has 0 aliphatic carbocycles. The molecule has 0 unspecified atom stereocenters. The SMILES string of the molecule is Cc1c(OC(=O)c2ccc(F)c(F)c2)ccc2cc3ccc(OC(=O)c4ccc(F)c(F)c4)cc3cc12. The van der Waals surface area contributed by atoms with Crippen LogP contribution in [0.4, 0.5) is 17.6 Å². The van der Waals surface area contributed by atoms with Crippen molar-refractivity contribution >= 4 is 33.5 Å². The van der Waals surface area contributed by atoms with Crippen LogP contribution in [0.25, 0.3) is 21.5 Å². The molecule has 0 bridgehead atoms. The van der Waals surface area contributed by atoms with E-state index in [9.17, 15) is 27.2 Å². The molecule has 0 aliphatic heterocycles. The fraction of sp³-hybridized carbons (Fsp3) is 0.0345. The van der Waals surface area contributed by atoms with Crippen LogP contribution in [0.2, 0.25) is 0 Å². The lowest BCUT2D eigenvalue weighted by molar-refractivity contribution is 0.0724. The number of benzene rings is 5. The highest BCUT2D eigenvalue weighted by molar-refractivity contribution is 6.02. The number of aryl methyl sites for hydroxylation is 1. The molecule has 37 heavy (non-hydrogen) atoms. The molecule has 5 aromatic rings. The standard InChI is InChI=1S/C29H16F4O4/c1-15-22-12-20-11-21(36-28(34)18-3-7-23(30)25(32)13-18)6-2-16(20)10-17(22)5-9-27(15)37-29(35)19-4-8-24(31)26(33)14-19/h2-14H,1H3. The van der Waals surface area contributed by atoms with Gasteiger partial charge < -0.3 is 9.47 Å². The van der Waals surface area contributed by atoms with E-state index in [0.29, 0.717) is 10.9 Å². The summed E-state index contributed by atoms with van der Waals surface area (Å²) in [5.41, 5.74) is 0.352. The van der Waals surface area contributed by atoms with E-state index >= 15 is 0 Å². The van der Waals surface area contributed by atoms with E-state index in [-0.39, 0.29) is 22.6 Å². The highest BCUT2D eigenvalue weighted by atomic mass is 19.2. The molecule has 0 aromatic heterocycles. The molecular formula is C29H16F4O4. The van der Waals surface area contributed by atoms with Gasteiger partial charge in [-0.25, -0.2) is 27.2 Å². The van der Waals surface area contributed by atoms with Crippen molar-refractivity contribution in [1.29, 1.82) is 0 Å². The molecule has 0 N–H and O–H groups in total. The number of carbonyl (C=O) groups excluding carboxylic acids is 2. The number of halogens is 4. The highest BCUT2D eigenvalue weighted by Gasteiger charge is 2.16. The van der Waals surface area contributed by atoms with E-state index in [4.69, 9.17) is 9.47 Å². The summed E-state index contributed by atoms with van der Waals surface area (Å²) in [6, 6.07) is 17.5. The third kappa shape index (κ3) is 4.73. The maximum atomic E-state index is 13.5. The molecule has 0 aliphatic rings. The second-order valence-corrected chi connectivity index (χ2v) is 8.31. The molecule has 5 rings (SSSR count). The van der Waals surface area contributed by atoms with E-state index < -0.39 is 35.2 Å². The van der Waals surface area contributed by atoms with E-state index in [0.717, 1.165) is 52.6 Å². The minimum absolute atomic E-state index is 0.135. The van der Waals surface area contributed by atoms with Gasteiger partial charge in [-0.05, 0) is 101 Å². The lowest BCUT2D eigenvalue weighted by atomic mass is 9.99. The number of hydrogen-bond donors (Lipinski definition) is 0. The van der Waals surface area contributed by atoms with E-state index in [2.05, 4.69) is 0 Å². The zero-order chi connectivity index (χ0) is 26.3. The maximum absolute atomic E-state index is 13.5. The minimum atomic E-state index is -1.16. The van der Waals surface area contributed by atoms with Crippen LogP contribution in [0.5, 0.6) is 11.5 Å². The largest absolute Gasteiger partial charge is 0.423 e. The zero-order valence-electron chi connectivity index (χ0n) is 19.2. The quantitative estimate of drug-likeness (QED) is 0.112. The molecule has 8 heteroatoms. The first-order valence-electron chi connectivity index (χ1n) is 11.0. The normalized spacial score (nSPS) is 11.1. The Kier molecular flexibility index (Phi) is 6.09. The second kappa shape index (κ2) is 9.39. The molecule has 0 spiro atoms. The van der Waals surface area contributed by atoms with Crippen molar-refractivity contribution in [2.75, 3.05) is 0 Å². The fourth-order valence-corrected chi connectivity index (χ4v) is 3.92. The smallest absolute Gasteiger partial charge is 0.343 e. The zero-order valence-corrected chi connectivity index (χ0v) is 19.2. The molecule has 0 heterocycles. The lowest BCUT2D eigenvalue weighted by Crippen LogP contribution is -2.10. The Labute approximate surface area is 207 Å². The Morgan fingerprint density at radius 2 is 1.16 bits per heavy atom. The third-order valence-electron chi connectivity index (χ3n) is 5.89.